The zero-order chi connectivity index (χ0) is 26.4. The summed E-state index contributed by atoms with van der Waals surface area (Å²) in [4.78, 5) is 43.1. The molecule has 37 heavy (non-hydrogen) atoms. The summed E-state index contributed by atoms with van der Waals surface area (Å²) in [6, 6.07) is 14.0. The average molecular weight is 526 g/mol. The van der Waals surface area contributed by atoms with Crippen molar-refractivity contribution in [3.63, 3.8) is 0 Å². The molecule has 3 aliphatic rings. The van der Waals surface area contributed by atoms with E-state index >= 15 is 0 Å². The number of aliphatic hydroxyl groups excluding tert-OH is 1. The molecule has 2 unspecified atom stereocenters. The van der Waals surface area contributed by atoms with E-state index in [1.807, 2.05) is 44.2 Å². The number of carbonyl (C=O) groups is 3. The Morgan fingerprint density at radius 3 is 2.49 bits per heavy atom. The topological polar surface area (TPSA) is 108 Å². The van der Waals surface area contributed by atoms with Crippen LogP contribution in [0, 0.1) is 11.8 Å². The molecule has 0 aliphatic carbocycles. The van der Waals surface area contributed by atoms with E-state index in [9.17, 15) is 19.5 Å². The zero-order valence-electron chi connectivity index (χ0n) is 20.9. The Hall–Kier alpha value is -2.94. The summed E-state index contributed by atoms with van der Waals surface area (Å²) in [5.41, 5.74) is -0.812. The van der Waals surface area contributed by atoms with Crippen LogP contribution in [0.2, 0.25) is 5.02 Å². The molecule has 3 amide bonds. The Morgan fingerprint density at radius 2 is 1.84 bits per heavy atom. The molecule has 2 aromatic rings. The van der Waals surface area contributed by atoms with Gasteiger partial charge in [0.1, 0.15) is 11.6 Å². The third-order valence-corrected chi connectivity index (χ3v) is 8.35. The van der Waals surface area contributed by atoms with E-state index in [-0.39, 0.29) is 18.4 Å². The number of nitrogens with one attached hydrogen (secondary N) is 2. The van der Waals surface area contributed by atoms with E-state index in [0.29, 0.717) is 35.7 Å². The molecular weight excluding hydrogens is 494 g/mol. The number of ether oxygens (including phenoxy) is 1. The molecule has 3 heterocycles. The summed E-state index contributed by atoms with van der Waals surface area (Å²) >= 11 is 6.01. The fraction of sp³-hybridized carbons (Fsp3) is 0.464. The predicted molar refractivity (Wildman–Crippen MR) is 139 cm³/mol. The van der Waals surface area contributed by atoms with E-state index in [2.05, 4.69) is 10.6 Å². The van der Waals surface area contributed by atoms with Crippen molar-refractivity contribution in [1.29, 1.82) is 0 Å². The Kier molecular flexibility index (Phi) is 6.77. The Labute approximate surface area is 221 Å². The average Bonchev–Trinajstić information content (AvgIpc) is 3.46. The van der Waals surface area contributed by atoms with Crippen molar-refractivity contribution < 1.29 is 24.2 Å². The lowest BCUT2D eigenvalue weighted by Crippen LogP contribution is -2.54. The van der Waals surface area contributed by atoms with Crippen molar-refractivity contribution in [3.8, 4) is 0 Å². The van der Waals surface area contributed by atoms with Gasteiger partial charge in [0, 0.05) is 17.3 Å². The molecule has 2 aromatic carbocycles. The van der Waals surface area contributed by atoms with Crippen LogP contribution in [-0.4, -0.2) is 58.1 Å². The van der Waals surface area contributed by atoms with Gasteiger partial charge in [0.05, 0.1) is 30.1 Å². The molecule has 3 N–H and O–H groups in total. The van der Waals surface area contributed by atoms with Crippen LogP contribution >= 0.6 is 11.6 Å². The highest BCUT2D eigenvalue weighted by Gasteiger charge is 2.78. The maximum Gasteiger partial charge on any atom is 0.250 e. The smallest absolute Gasteiger partial charge is 0.250 e. The number of benzene rings is 2. The number of amides is 3. The van der Waals surface area contributed by atoms with Crippen LogP contribution in [0.1, 0.15) is 44.7 Å². The fourth-order valence-electron chi connectivity index (χ4n) is 6.53. The predicted octanol–water partition coefficient (Wildman–Crippen LogP) is 3.30. The number of aliphatic hydroxyl groups is 1. The molecule has 196 valence electrons. The molecule has 1 spiro atoms. The SMILES string of the molecule is CCCNC(=O)[C@@H]1[C@H]2C(=O)N([C@H](CO)c3ccccc3)C(C(=O)Nc3ccc(Cl)cc3)C23CC[C@@]1(C)O3. The summed E-state index contributed by atoms with van der Waals surface area (Å²) < 4.78 is 6.62. The van der Waals surface area contributed by atoms with Crippen molar-refractivity contribution in [2.45, 2.75) is 56.4 Å². The van der Waals surface area contributed by atoms with Gasteiger partial charge in [-0.3, -0.25) is 14.4 Å². The molecule has 0 aromatic heterocycles. The Balaban J connectivity index is 1.59. The molecule has 6 atom stereocenters. The number of hydrogen-bond acceptors (Lipinski definition) is 5. The van der Waals surface area contributed by atoms with Gasteiger partial charge in [0.2, 0.25) is 17.7 Å². The first-order valence-electron chi connectivity index (χ1n) is 12.8. The van der Waals surface area contributed by atoms with Gasteiger partial charge >= 0.3 is 0 Å². The Bertz CT molecular complexity index is 1190. The highest BCUT2D eigenvalue weighted by Crippen LogP contribution is 2.64. The van der Waals surface area contributed by atoms with E-state index in [0.717, 1.165) is 6.42 Å². The highest BCUT2D eigenvalue weighted by molar-refractivity contribution is 6.30. The standard InChI is InChI=1S/C28H32ClN3O5/c1-3-15-30-24(34)21-22-26(36)32(20(16-33)17-7-5-4-6-8-17)23(28(22)14-13-27(21,2)37-28)25(35)31-19-11-9-18(29)10-12-19/h4-12,20-23,33H,3,13-16H2,1-2H3,(H,30,34)(H,31,35)/t20-,21+,22+,23?,27-,28?/m1/s1. The van der Waals surface area contributed by atoms with Crippen LogP contribution in [0.5, 0.6) is 0 Å². The second kappa shape index (κ2) is 9.74. The number of rotatable bonds is 8. The first kappa shape index (κ1) is 25.7. The molecule has 3 aliphatic heterocycles. The van der Waals surface area contributed by atoms with Crippen LogP contribution in [-0.2, 0) is 19.1 Å². The second-order valence-corrected chi connectivity index (χ2v) is 10.8. The van der Waals surface area contributed by atoms with Crippen LogP contribution < -0.4 is 10.6 Å². The van der Waals surface area contributed by atoms with Crippen molar-refractivity contribution >= 4 is 35.0 Å². The monoisotopic (exact) mass is 525 g/mol. The number of halogens is 1. The van der Waals surface area contributed by atoms with Gasteiger partial charge in [0.15, 0.2) is 0 Å². The van der Waals surface area contributed by atoms with E-state index < -0.39 is 41.0 Å². The van der Waals surface area contributed by atoms with Gasteiger partial charge in [-0.15, -0.1) is 0 Å². The maximum absolute atomic E-state index is 14.2. The van der Waals surface area contributed by atoms with Crippen LogP contribution in [0.15, 0.2) is 54.6 Å². The first-order valence-corrected chi connectivity index (χ1v) is 13.2. The summed E-state index contributed by atoms with van der Waals surface area (Å²) in [7, 11) is 0. The normalized spacial score (nSPS) is 30.8. The lowest BCUT2D eigenvalue weighted by atomic mass is 9.66. The number of nitrogens with zero attached hydrogens (tertiary/aromatic N) is 1. The summed E-state index contributed by atoms with van der Waals surface area (Å²) in [6.45, 7) is 3.94. The molecule has 3 saturated heterocycles. The minimum absolute atomic E-state index is 0.233. The van der Waals surface area contributed by atoms with E-state index in [4.69, 9.17) is 16.3 Å². The molecule has 0 saturated carbocycles. The summed E-state index contributed by atoms with van der Waals surface area (Å²) in [5, 5.41) is 16.9. The molecule has 0 radical (unpaired) electrons. The van der Waals surface area contributed by atoms with E-state index in [1.165, 1.54) is 4.90 Å². The molecule has 2 bridgehead atoms. The molecule has 5 rings (SSSR count). The van der Waals surface area contributed by atoms with Crippen molar-refractivity contribution in [3.05, 3.63) is 65.2 Å². The number of carbonyl (C=O) groups excluding carboxylic acids is 3. The van der Waals surface area contributed by atoms with Gasteiger partial charge in [0.25, 0.3) is 0 Å². The lowest BCUT2D eigenvalue weighted by Gasteiger charge is -2.37. The minimum atomic E-state index is -1.18. The van der Waals surface area contributed by atoms with Gasteiger partial charge in [-0.1, -0.05) is 48.9 Å². The van der Waals surface area contributed by atoms with Crippen molar-refractivity contribution in [2.24, 2.45) is 11.8 Å². The highest BCUT2D eigenvalue weighted by atomic mass is 35.5. The third kappa shape index (κ3) is 4.11. The summed E-state index contributed by atoms with van der Waals surface area (Å²) in [5.74, 6) is -2.57. The zero-order valence-corrected chi connectivity index (χ0v) is 21.7. The number of hydrogen-bond donors (Lipinski definition) is 3. The number of anilines is 1. The van der Waals surface area contributed by atoms with Gasteiger partial charge in [-0.2, -0.15) is 0 Å². The van der Waals surface area contributed by atoms with Crippen LogP contribution in [0.25, 0.3) is 0 Å². The Morgan fingerprint density at radius 1 is 1.14 bits per heavy atom. The minimum Gasteiger partial charge on any atom is -0.394 e. The third-order valence-electron chi connectivity index (χ3n) is 8.10. The summed E-state index contributed by atoms with van der Waals surface area (Å²) in [6.07, 6.45) is 1.77. The van der Waals surface area contributed by atoms with Crippen LogP contribution in [0.3, 0.4) is 0 Å². The van der Waals surface area contributed by atoms with Gasteiger partial charge in [-0.25, -0.2) is 0 Å². The number of fused-ring (bicyclic) bond motifs is 1. The lowest BCUT2D eigenvalue weighted by molar-refractivity contribution is -0.148. The second-order valence-electron chi connectivity index (χ2n) is 10.4. The van der Waals surface area contributed by atoms with E-state index in [1.54, 1.807) is 24.3 Å². The molecule has 8 nitrogen and oxygen atoms in total. The molecule has 9 heteroatoms. The number of likely N-dealkylation sites (tertiary alicyclic amines) is 1. The first-order chi connectivity index (χ1) is 17.8. The van der Waals surface area contributed by atoms with Crippen molar-refractivity contribution in [2.75, 3.05) is 18.5 Å². The largest absolute Gasteiger partial charge is 0.394 e. The fourth-order valence-corrected chi connectivity index (χ4v) is 6.66. The van der Waals surface area contributed by atoms with Crippen molar-refractivity contribution in [1.82, 2.24) is 10.2 Å². The quantitative estimate of drug-likeness (QED) is 0.490. The maximum atomic E-state index is 14.2. The van der Waals surface area contributed by atoms with Gasteiger partial charge < -0.3 is 25.4 Å². The van der Waals surface area contributed by atoms with Crippen LogP contribution in [0.4, 0.5) is 5.69 Å². The molecule has 3 fully saturated rings. The van der Waals surface area contributed by atoms with Gasteiger partial charge in [-0.05, 0) is 56.0 Å². The molecular formula is C28H32ClN3O5.